The van der Waals surface area contributed by atoms with Crippen molar-refractivity contribution in [3.05, 3.63) is 71.8 Å². The van der Waals surface area contributed by atoms with Gasteiger partial charge in [-0.25, -0.2) is 8.42 Å². The molecule has 2 aliphatic carbocycles. The van der Waals surface area contributed by atoms with Crippen molar-refractivity contribution in [3.8, 4) is 0 Å². The summed E-state index contributed by atoms with van der Waals surface area (Å²) in [6, 6.07) is 20.9. The average molecular weight is 467 g/mol. The van der Waals surface area contributed by atoms with Crippen LogP contribution in [0.2, 0.25) is 0 Å². The minimum Gasteiger partial charge on any atom is -0.299 e. The minimum atomic E-state index is -3.51. The van der Waals surface area contributed by atoms with E-state index in [1.807, 2.05) is 12.1 Å². The van der Waals surface area contributed by atoms with Crippen LogP contribution in [0.5, 0.6) is 0 Å². The number of benzene rings is 2. The highest BCUT2D eigenvalue weighted by Crippen LogP contribution is 2.64. The van der Waals surface area contributed by atoms with Gasteiger partial charge < -0.3 is 0 Å². The molecule has 3 aliphatic rings. The van der Waals surface area contributed by atoms with Gasteiger partial charge in [0.05, 0.1) is 11.8 Å². The van der Waals surface area contributed by atoms with Crippen LogP contribution in [0, 0.1) is 16.7 Å². The van der Waals surface area contributed by atoms with Crippen LogP contribution in [0.25, 0.3) is 0 Å². The molecule has 0 N–H and O–H groups in total. The van der Waals surface area contributed by atoms with Gasteiger partial charge in [0.1, 0.15) is 5.78 Å². The van der Waals surface area contributed by atoms with Crippen LogP contribution in [0.3, 0.4) is 0 Å². The minimum absolute atomic E-state index is 0.0247. The predicted octanol–water partition coefficient (Wildman–Crippen LogP) is 4.12. The molecule has 3 fully saturated rings. The van der Waals surface area contributed by atoms with Gasteiger partial charge in [-0.2, -0.15) is 4.31 Å². The van der Waals surface area contributed by atoms with Crippen LogP contribution in [0.15, 0.2) is 60.7 Å². The molecule has 1 heterocycles. The largest absolute Gasteiger partial charge is 0.299 e. The van der Waals surface area contributed by atoms with E-state index in [0.29, 0.717) is 44.9 Å². The molecule has 1 saturated heterocycles. The summed E-state index contributed by atoms with van der Waals surface area (Å²) in [5.74, 6) is 0.470. The third-order valence-electron chi connectivity index (χ3n) is 8.83. The van der Waals surface area contributed by atoms with Crippen molar-refractivity contribution >= 4 is 15.8 Å². The number of fused-ring (bicyclic) bond motifs is 2. The van der Waals surface area contributed by atoms with Gasteiger partial charge in [-0.15, -0.1) is 0 Å². The van der Waals surface area contributed by atoms with Gasteiger partial charge in [-0.05, 0) is 35.3 Å². The molecule has 176 valence electrons. The maximum absolute atomic E-state index is 13.5. The third-order valence-corrected chi connectivity index (χ3v) is 10.8. The second kappa shape index (κ2) is 8.33. The van der Waals surface area contributed by atoms with Crippen LogP contribution in [-0.4, -0.2) is 55.3 Å². The lowest BCUT2D eigenvalue weighted by Gasteiger charge is -2.41. The zero-order valence-corrected chi connectivity index (χ0v) is 20.4. The van der Waals surface area contributed by atoms with Crippen molar-refractivity contribution in [2.45, 2.75) is 39.2 Å². The molecule has 0 unspecified atom stereocenters. The number of Topliss-reactive ketones (excluding diaryl/α,β-unsaturated/α-hetero) is 1. The van der Waals surface area contributed by atoms with Gasteiger partial charge >= 0.3 is 0 Å². The Morgan fingerprint density at radius 3 is 1.91 bits per heavy atom. The Kier molecular flexibility index (Phi) is 5.74. The highest BCUT2D eigenvalue weighted by molar-refractivity contribution is 7.89. The maximum atomic E-state index is 13.5. The molecular formula is C27H34N2O3S. The van der Waals surface area contributed by atoms with Gasteiger partial charge in [0, 0.05) is 38.0 Å². The predicted molar refractivity (Wildman–Crippen MR) is 130 cm³/mol. The van der Waals surface area contributed by atoms with Crippen LogP contribution in [0.1, 0.15) is 50.3 Å². The number of carbonyl (C=O) groups excluding carboxylic acids is 1. The van der Waals surface area contributed by atoms with Gasteiger partial charge in [0.2, 0.25) is 10.0 Å². The highest BCUT2D eigenvalue weighted by Gasteiger charge is 2.65. The Morgan fingerprint density at radius 1 is 0.909 bits per heavy atom. The summed E-state index contributed by atoms with van der Waals surface area (Å²) in [5, 5.41) is 0. The van der Waals surface area contributed by atoms with Crippen molar-refractivity contribution in [2.24, 2.45) is 16.7 Å². The molecule has 2 saturated carbocycles. The Balaban J connectivity index is 1.33. The Morgan fingerprint density at radius 2 is 1.45 bits per heavy atom. The number of piperazine rings is 1. The van der Waals surface area contributed by atoms with E-state index in [-0.39, 0.29) is 23.0 Å². The highest BCUT2D eigenvalue weighted by atomic mass is 32.2. The SMILES string of the molecule is CC1(C)[C@@H]2CC[C@]1(CS(=O)(=O)N1CCN(C(c3ccccc3)c3ccccc3)CC1)C(=O)C2. The zero-order chi connectivity index (χ0) is 23.3. The summed E-state index contributed by atoms with van der Waals surface area (Å²) in [5.41, 5.74) is 1.50. The number of rotatable bonds is 6. The number of hydrogen-bond acceptors (Lipinski definition) is 4. The fourth-order valence-corrected chi connectivity index (χ4v) is 8.84. The van der Waals surface area contributed by atoms with Crippen LogP contribution >= 0.6 is 0 Å². The van der Waals surface area contributed by atoms with E-state index in [0.717, 1.165) is 6.42 Å². The molecule has 0 amide bonds. The third kappa shape index (κ3) is 3.76. The first-order valence-corrected chi connectivity index (χ1v) is 13.7. The summed E-state index contributed by atoms with van der Waals surface area (Å²) in [7, 11) is -3.51. The summed E-state index contributed by atoms with van der Waals surface area (Å²) in [4.78, 5) is 15.3. The van der Waals surface area contributed by atoms with Gasteiger partial charge in [-0.1, -0.05) is 74.5 Å². The van der Waals surface area contributed by atoms with Crippen molar-refractivity contribution in [3.63, 3.8) is 0 Å². The fourth-order valence-electron chi connectivity index (χ4n) is 6.64. The molecule has 0 spiro atoms. The van der Waals surface area contributed by atoms with E-state index in [1.54, 1.807) is 4.31 Å². The molecule has 5 rings (SSSR count). The lowest BCUT2D eigenvalue weighted by molar-refractivity contribution is -0.128. The quantitative estimate of drug-likeness (QED) is 0.643. The van der Waals surface area contributed by atoms with Crippen molar-refractivity contribution in [1.29, 1.82) is 0 Å². The van der Waals surface area contributed by atoms with Crippen LogP contribution < -0.4 is 0 Å². The fraction of sp³-hybridized carbons (Fsp3) is 0.519. The standard InChI is InChI=1S/C27H34N2O3S/c1-26(2)23-13-14-27(26,24(30)19-23)20-33(31,32)29-17-15-28(16-18-29)25(21-9-5-3-6-10-21)22-11-7-4-8-12-22/h3-12,23,25H,13-20H2,1-2H3/t23-,27+/m1/s1. The van der Waals surface area contributed by atoms with Crippen molar-refractivity contribution in [1.82, 2.24) is 9.21 Å². The first-order chi connectivity index (χ1) is 15.7. The Labute approximate surface area is 197 Å². The van der Waals surface area contributed by atoms with Gasteiger partial charge in [-0.3, -0.25) is 9.69 Å². The second-order valence-electron chi connectivity index (χ2n) is 10.6. The normalized spacial score (nSPS) is 28.0. The molecule has 2 atom stereocenters. The van der Waals surface area contributed by atoms with Crippen molar-refractivity contribution in [2.75, 3.05) is 31.9 Å². The van der Waals surface area contributed by atoms with E-state index >= 15 is 0 Å². The first-order valence-electron chi connectivity index (χ1n) is 12.1. The molecule has 0 radical (unpaired) electrons. The Bertz CT molecular complexity index is 1070. The van der Waals surface area contributed by atoms with E-state index in [9.17, 15) is 13.2 Å². The molecule has 0 aromatic heterocycles. The van der Waals surface area contributed by atoms with Crippen LogP contribution in [-0.2, 0) is 14.8 Å². The number of ketones is 1. The monoisotopic (exact) mass is 466 g/mol. The Hall–Kier alpha value is -2.02. The number of nitrogens with zero attached hydrogens (tertiary/aromatic N) is 2. The zero-order valence-electron chi connectivity index (χ0n) is 19.6. The molecule has 2 bridgehead atoms. The smallest absolute Gasteiger partial charge is 0.215 e. The maximum Gasteiger partial charge on any atom is 0.215 e. The molecule has 2 aromatic rings. The molecule has 6 heteroatoms. The van der Waals surface area contributed by atoms with Gasteiger partial charge in [0.15, 0.2) is 0 Å². The van der Waals surface area contributed by atoms with E-state index in [1.165, 1.54) is 11.1 Å². The molecular weight excluding hydrogens is 432 g/mol. The number of carbonyl (C=O) groups is 1. The van der Waals surface area contributed by atoms with E-state index in [4.69, 9.17) is 0 Å². The van der Waals surface area contributed by atoms with Crippen LogP contribution in [0.4, 0.5) is 0 Å². The first kappa shape index (κ1) is 22.8. The number of hydrogen-bond donors (Lipinski definition) is 0. The molecule has 2 aromatic carbocycles. The summed E-state index contributed by atoms with van der Waals surface area (Å²) < 4.78 is 28.7. The van der Waals surface area contributed by atoms with E-state index in [2.05, 4.69) is 67.3 Å². The lowest BCUT2D eigenvalue weighted by atomic mass is 9.70. The molecule has 5 nitrogen and oxygen atoms in total. The lowest BCUT2D eigenvalue weighted by Crippen LogP contribution is -2.53. The average Bonchev–Trinajstić information content (AvgIpc) is 3.15. The summed E-state index contributed by atoms with van der Waals surface area (Å²) in [6.45, 7) is 6.47. The summed E-state index contributed by atoms with van der Waals surface area (Å²) >= 11 is 0. The topological polar surface area (TPSA) is 57.7 Å². The number of sulfonamides is 1. The molecule has 33 heavy (non-hydrogen) atoms. The summed E-state index contributed by atoms with van der Waals surface area (Å²) in [6.07, 6.45) is 2.23. The van der Waals surface area contributed by atoms with Gasteiger partial charge in [0.25, 0.3) is 0 Å². The van der Waals surface area contributed by atoms with Crippen molar-refractivity contribution < 1.29 is 13.2 Å². The van der Waals surface area contributed by atoms with E-state index < -0.39 is 15.4 Å². The molecule has 1 aliphatic heterocycles. The second-order valence-corrected chi connectivity index (χ2v) is 12.6.